The molecule has 0 saturated heterocycles. The van der Waals surface area contributed by atoms with Crippen LogP contribution >= 0.6 is 12.2 Å². The number of carboxylic acids is 1. The van der Waals surface area contributed by atoms with Gasteiger partial charge in [-0.15, -0.1) is 0 Å². The van der Waals surface area contributed by atoms with Crippen LogP contribution in [0.15, 0.2) is 48.5 Å². The third-order valence-corrected chi connectivity index (χ3v) is 2.93. The lowest BCUT2D eigenvalue weighted by atomic mass is 10.2. The summed E-state index contributed by atoms with van der Waals surface area (Å²) in [6.07, 6.45) is 0. The molecule has 2 rings (SSSR count). The number of anilines is 1. The summed E-state index contributed by atoms with van der Waals surface area (Å²) in [7, 11) is 0. The molecule has 2 N–H and O–H groups in total. The van der Waals surface area contributed by atoms with E-state index in [4.69, 9.17) is 12.2 Å². The van der Waals surface area contributed by atoms with Crippen molar-refractivity contribution in [2.75, 3.05) is 5.32 Å². The van der Waals surface area contributed by atoms with E-state index in [9.17, 15) is 19.1 Å². The van der Waals surface area contributed by atoms with Gasteiger partial charge in [0.2, 0.25) is 0 Å². The van der Waals surface area contributed by atoms with Gasteiger partial charge in [0, 0.05) is 5.69 Å². The number of carbonyl (C=O) groups excluding carboxylic acids is 2. The summed E-state index contributed by atoms with van der Waals surface area (Å²) < 4.78 is 13.5. The van der Waals surface area contributed by atoms with Crippen molar-refractivity contribution in [3.63, 3.8) is 0 Å². The molecule has 0 spiro atoms. The summed E-state index contributed by atoms with van der Waals surface area (Å²) in [6, 6.07) is 11.1. The molecule has 0 aliphatic carbocycles. The van der Waals surface area contributed by atoms with Gasteiger partial charge in [-0.2, -0.15) is 0 Å². The van der Waals surface area contributed by atoms with Crippen molar-refractivity contribution >= 4 is 34.9 Å². The lowest BCUT2D eigenvalue weighted by molar-refractivity contribution is -0.255. The summed E-state index contributed by atoms with van der Waals surface area (Å²) in [5, 5.41) is 15.6. The summed E-state index contributed by atoms with van der Waals surface area (Å²) in [6.45, 7) is 0. The molecule has 0 atom stereocenters. The van der Waals surface area contributed by atoms with Crippen LogP contribution in [0.5, 0.6) is 0 Å². The minimum absolute atomic E-state index is 0.0202. The molecule has 0 aliphatic heterocycles. The van der Waals surface area contributed by atoms with Crippen molar-refractivity contribution in [3.8, 4) is 0 Å². The SMILES string of the molecule is O=C([O-])c1ccc(NC(=S)NC(=O)c2ccccc2F)cc1. The fraction of sp³-hybridized carbons (Fsp3) is 0. The van der Waals surface area contributed by atoms with E-state index in [2.05, 4.69) is 10.6 Å². The molecule has 2 aromatic rings. The fourth-order valence-corrected chi connectivity index (χ4v) is 1.88. The van der Waals surface area contributed by atoms with Gasteiger partial charge in [-0.3, -0.25) is 10.1 Å². The minimum Gasteiger partial charge on any atom is -0.545 e. The molecular formula is C15H10FN2O3S-. The molecule has 0 unspecified atom stereocenters. The van der Waals surface area contributed by atoms with Gasteiger partial charge in [0.15, 0.2) is 5.11 Å². The van der Waals surface area contributed by atoms with Crippen molar-refractivity contribution in [1.29, 1.82) is 0 Å². The Morgan fingerprint density at radius 2 is 1.68 bits per heavy atom. The standard InChI is InChI=1S/C15H11FN2O3S/c16-12-4-2-1-3-11(12)13(19)18-15(22)17-10-7-5-9(6-8-10)14(20)21/h1-8H,(H,20,21)(H2,17,18,19,22)/p-1. The highest BCUT2D eigenvalue weighted by Gasteiger charge is 2.12. The average molecular weight is 317 g/mol. The Balaban J connectivity index is 1.99. The number of rotatable bonds is 3. The first-order valence-electron chi connectivity index (χ1n) is 6.15. The Bertz CT molecular complexity index is 732. The first-order valence-corrected chi connectivity index (χ1v) is 6.56. The van der Waals surface area contributed by atoms with Crippen molar-refractivity contribution < 1.29 is 19.1 Å². The number of carbonyl (C=O) groups is 2. The summed E-state index contributed by atoms with van der Waals surface area (Å²) >= 11 is 4.95. The molecule has 7 heteroatoms. The number of amides is 1. The second-order valence-corrected chi connectivity index (χ2v) is 4.66. The number of halogens is 1. The van der Waals surface area contributed by atoms with Gasteiger partial charge in [0.25, 0.3) is 5.91 Å². The van der Waals surface area contributed by atoms with E-state index in [1.54, 1.807) is 0 Å². The van der Waals surface area contributed by atoms with Crippen molar-refractivity contribution in [1.82, 2.24) is 5.32 Å². The lowest BCUT2D eigenvalue weighted by Gasteiger charge is -2.10. The van der Waals surface area contributed by atoms with Gasteiger partial charge in [-0.25, -0.2) is 4.39 Å². The summed E-state index contributed by atoms with van der Waals surface area (Å²) in [5.74, 6) is -2.62. The molecule has 0 radical (unpaired) electrons. The minimum atomic E-state index is -1.29. The van der Waals surface area contributed by atoms with E-state index in [1.165, 1.54) is 48.5 Å². The van der Waals surface area contributed by atoms with Gasteiger partial charge in [0.1, 0.15) is 5.82 Å². The summed E-state index contributed by atoms with van der Waals surface area (Å²) in [4.78, 5) is 22.5. The monoisotopic (exact) mass is 317 g/mol. The molecule has 0 fully saturated rings. The van der Waals surface area contributed by atoms with E-state index >= 15 is 0 Å². The largest absolute Gasteiger partial charge is 0.545 e. The van der Waals surface area contributed by atoms with Crippen molar-refractivity contribution in [2.24, 2.45) is 0 Å². The van der Waals surface area contributed by atoms with Crippen LogP contribution in [0.2, 0.25) is 0 Å². The molecular weight excluding hydrogens is 307 g/mol. The maximum Gasteiger partial charge on any atom is 0.260 e. The van der Waals surface area contributed by atoms with E-state index in [-0.39, 0.29) is 16.2 Å². The van der Waals surface area contributed by atoms with Crippen molar-refractivity contribution in [2.45, 2.75) is 0 Å². The smallest absolute Gasteiger partial charge is 0.260 e. The second-order valence-electron chi connectivity index (χ2n) is 4.25. The molecule has 0 bridgehead atoms. The number of thiocarbonyl (C=S) groups is 1. The quantitative estimate of drug-likeness (QED) is 0.835. The number of hydrogen-bond donors (Lipinski definition) is 2. The molecule has 5 nitrogen and oxygen atoms in total. The van der Waals surface area contributed by atoms with Crippen molar-refractivity contribution in [3.05, 3.63) is 65.5 Å². The van der Waals surface area contributed by atoms with Gasteiger partial charge >= 0.3 is 0 Å². The fourth-order valence-electron chi connectivity index (χ4n) is 1.67. The Kier molecular flexibility index (Phi) is 4.80. The number of hydrogen-bond acceptors (Lipinski definition) is 4. The Labute approximate surface area is 130 Å². The highest BCUT2D eigenvalue weighted by molar-refractivity contribution is 7.80. The van der Waals surface area contributed by atoms with Crippen LogP contribution in [0, 0.1) is 5.82 Å². The lowest BCUT2D eigenvalue weighted by Crippen LogP contribution is -2.34. The third-order valence-electron chi connectivity index (χ3n) is 2.72. The Morgan fingerprint density at radius 3 is 2.27 bits per heavy atom. The Hall–Kier alpha value is -2.80. The first kappa shape index (κ1) is 15.6. The van der Waals surface area contributed by atoms with Crippen LogP contribution in [-0.4, -0.2) is 17.0 Å². The summed E-state index contributed by atoms with van der Waals surface area (Å²) in [5.41, 5.74) is 0.370. The van der Waals surface area contributed by atoms with Gasteiger partial charge in [-0.05, 0) is 42.0 Å². The maximum absolute atomic E-state index is 13.5. The molecule has 1 amide bonds. The topological polar surface area (TPSA) is 81.3 Å². The predicted octanol–water partition coefficient (Wildman–Crippen LogP) is 1.32. The zero-order valence-electron chi connectivity index (χ0n) is 11.1. The van der Waals surface area contributed by atoms with E-state index in [1.807, 2.05) is 0 Å². The number of carboxylic acid groups (broad SMARTS) is 1. The van der Waals surface area contributed by atoms with Crippen LogP contribution in [-0.2, 0) is 0 Å². The molecule has 0 heterocycles. The van der Waals surface area contributed by atoms with Crippen LogP contribution in [0.3, 0.4) is 0 Å². The van der Waals surface area contributed by atoms with Crippen LogP contribution < -0.4 is 15.7 Å². The van der Waals surface area contributed by atoms with Crippen LogP contribution in [0.4, 0.5) is 10.1 Å². The molecule has 2 aromatic carbocycles. The van der Waals surface area contributed by atoms with E-state index < -0.39 is 17.7 Å². The average Bonchev–Trinajstić information content (AvgIpc) is 2.48. The van der Waals surface area contributed by atoms with Gasteiger partial charge < -0.3 is 15.2 Å². The Morgan fingerprint density at radius 1 is 1.05 bits per heavy atom. The highest BCUT2D eigenvalue weighted by Crippen LogP contribution is 2.09. The molecule has 112 valence electrons. The molecule has 0 aliphatic rings. The first-order chi connectivity index (χ1) is 10.5. The predicted molar refractivity (Wildman–Crippen MR) is 80.9 cm³/mol. The van der Waals surface area contributed by atoms with Gasteiger partial charge in [-0.1, -0.05) is 24.3 Å². The zero-order valence-corrected chi connectivity index (χ0v) is 11.9. The molecule has 0 aromatic heterocycles. The number of nitrogens with one attached hydrogen (secondary N) is 2. The second kappa shape index (κ2) is 6.77. The van der Waals surface area contributed by atoms with E-state index in [0.717, 1.165) is 0 Å². The molecule has 22 heavy (non-hydrogen) atoms. The van der Waals surface area contributed by atoms with Crippen LogP contribution in [0.25, 0.3) is 0 Å². The zero-order chi connectivity index (χ0) is 16.1. The normalized spacial score (nSPS) is 9.86. The number of aromatic carboxylic acids is 1. The van der Waals surface area contributed by atoms with Crippen LogP contribution in [0.1, 0.15) is 20.7 Å². The third kappa shape index (κ3) is 3.86. The highest BCUT2D eigenvalue weighted by atomic mass is 32.1. The number of benzene rings is 2. The molecule has 0 saturated carbocycles. The van der Waals surface area contributed by atoms with Gasteiger partial charge in [0.05, 0.1) is 11.5 Å². The maximum atomic E-state index is 13.5. The van der Waals surface area contributed by atoms with E-state index in [0.29, 0.717) is 5.69 Å².